The number of carbonyl (C=O) groups is 1. The number of ketones is 1. The molecule has 1 saturated heterocycles. The number of hydrogen-bond donors (Lipinski definition) is 0. The number of Topliss-reactive ketones (excluding diaryl/α,β-unsaturated/α-hetero) is 1. The summed E-state index contributed by atoms with van der Waals surface area (Å²) >= 11 is 0. The molecule has 0 radical (unpaired) electrons. The van der Waals surface area contributed by atoms with Crippen LogP contribution < -0.4 is 4.74 Å². The third-order valence-corrected chi connectivity index (χ3v) is 4.72. The van der Waals surface area contributed by atoms with Crippen LogP contribution in [-0.4, -0.2) is 35.4 Å². The summed E-state index contributed by atoms with van der Waals surface area (Å²) in [6.07, 6.45) is 3.11. The molecule has 1 atom stereocenters. The summed E-state index contributed by atoms with van der Waals surface area (Å²) in [5, 5.41) is 0. The number of benzene rings is 1. The molecule has 0 aromatic heterocycles. The molecule has 4 heteroatoms. The van der Waals surface area contributed by atoms with Crippen LogP contribution in [0.2, 0.25) is 0 Å². The Bertz CT molecular complexity index is 558. The molecule has 3 nitrogen and oxygen atoms in total. The van der Waals surface area contributed by atoms with Gasteiger partial charge in [-0.25, -0.2) is 4.39 Å². The van der Waals surface area contributed by atoms with Gasteiger partial charge in [0.25, 0.3) is 0 Å². The second-order valence-electron chi connectivity index (χ2n) is 6.51. The van der Waals surface area contributed by atoms with Crippen LogP contribution in [0.4, 0.5) is 4.39 Å². The summed E-state index contributed by atoms with van der Waals surface area (Å²) < 4.78 is 19.6. The molecule has 2 aliphatic heterocycles. The van der Waals surface area contributed by atoms with Crippen molar-refractivity contribution >= 4 is 5.78 Å². The van der Waals surface area contributed by atoms with Crippen molar-refractivity contribution in [2.45, 2.75) is 51.2 Å². The number of carbonyl (C=O) groups excluding carboxylic acids is 1. The monoisotopic (exact) mass is 291 g/mol. The first-order valence-corrected chi connectivity index (χ1v) is 7.75. The van der Waals surface area contributed by atoms with Gasteiger partial charge in [0.05, 0.1) is 12.0 Å². The van der Waals surface area contributed by atoms with E-state index in [4.69, 9.17) is 4.74 Å². The third kappa shape index (κ3) is 2.82. The van der Waals surface area contributed by atoms with Crippen molar-refractivity contribution in [2.24, 2.45) is 0 Å². The van der Waals surface area contributed by atoms with Crippen LogP contribution in [0.3, 0.4) is 0 Å². The molecule has 0 N–H and O–H groups in total. The smallest absolute Gasteiger partial charge is 0.170 e. The van der Waals surface area contributed by atoms with Crippen molar-refractivity contribution in [1.82, 2.24) is 4.90 Å². The maximum atomic E-state index is 13.4. The summed E-state index contributed by atoms with van der Waals surface area (Å²) in [6, 6.07) is 4.71. The quantitative estimate of drug-likeness (QED) is 0.794. The standard InChI is InChI=1S/C17H22FNO2/c1-12(2)19-8-3-6-17(7-9-19)11-15(20)14-5-4-13(18)10-16(14)21-17/h4-5,10,12H,3,6-9,11H2,1-2H3. The van der Waals surface area contributed by atoms with E-state index in [0.717, 1.165) is 32.4 Å². The summed E-state index contributed by atoms with van der Waals surface area (Å²) in [5.41, 5.74) is 0.0774. The van der Waals surface area contributed by atoms with E-state index in [1.807, 2.05) is 0 Å². The van der Waals surface area contributed by atoms with Crippen molar-refractivity contribution < 1.29 is 13.9 Å². The molecule has 1 spiro atoms. The molecule has 0 aliphatic carbocycles. The van der Waals surface area contributed by atoms with Crippen molar-refractivity contribution in [1.29, 1.82) is 0 Å². The number of hydrogen-bond acceptors (Lipinski definition) is 3. The van der Waals surface area contributed by atoms with E-state index < -0.39 is 5.60 Å². The number of fused-ring (bicyclic) bond motifs is 1. The molecular formula is C17H22FNO2. The predicted octanol–water partition coefficient (Wildman–Crippen LogP) is 3.42. The second-order valence-corrected chi connectivity index (χ2v) is 6.51. The normalized spacial score (nSPS) is 26.6. The molecule has 1 unspecified atom stereocenters. The Hall–Kier alpha value is -1.42. The summed E-state index contributed by atoms with van der Waals surface area (Å²) in [7, 11) is 0. The lowest BCUT2D eigenvalue weighted by Crippen LogP contribution is -2.43. The van der Waals surface area contributed by atoms with Crippen molar-refractivity contribution in [3.63, 3.8) is 0 Å². The van der Waals surface area contributed by atoms with Gasteiger partial charge in [-0.2, -0.15) is 0 Å². The van der Waals surface area contributed by atoms with Crippen LogP contribution in [-0.2, 0) is 0 Å². The number of ether oxygens (including phenoxy) is 1. The Kier molecular flexibility index (Phi) is 3.74. The molecule has 0 bridgehead atoms. The molecule has 1 fully saturated rings. The van der Waals surface area contributed by atoms with Crippen LogP contribution in [0.5, 0.6) is 5.75 Å². The van der Waals surface area contributed by atoms with Crippen LogP contribution in [0.25, 0.3) is 0 Å². The Balaban J connectivity index is 1.85. The fourth-order valence-electron chi connectivity index (χ4n) is 3.45. The molecule has 3 rings (SSSR count). The molecule has 0 saturated carbocycles. The summed E-state index contributed by atoms with van der Waals surface area (Å²) in [5.74, 6) is 0.148. The Morgan fingerprint density at radius 3 is 2.86 bits per heavy atom. The van der Waals surface area contributed by atoms with Gasteiger partial charge >= 0.3 is 0 Å². The molecule has 114 valence electrons. The molecule has 2 aliphatic rings. The van der Waals surface area contributed by atoms with E-state index in [-0.39, 0.29) is 11.6 Å². The van der Waals surface area contributed by atoms with E-state index in [0.29, 0.717) is 23.8 Å². The maximum absolute atomic E-state index is 13.4. The largest absolute Gasteiger partial charge is 0.486 e. The number of halogens is 1. The third-order valence-electron chi connectivity index (χ3n) is 4.72. The second kappa shape index (κ2) is 5.41. The zero-order valence-electron chi connectivity index (χ0n) is 12.7. The van der Waals surface area contributed by atoms with Gasteiger partial charge < -0.3 is 9.64 Å². The molecular weight excluding hydrogens is 269 g/mol. The Morgan fingerprint density at radius 1 is 1.29 bits per heavy atom. The fraction of sp³-hybridized carbons (Fsp3) is 0.588. The lowest BCUT2D eigenvalue weighted by atomic mass is 9.84. The van der Waals surface area contributed by atoms with E-state index in [1.165, 1.54) is 18.2 Å². The van der Waals surface area contributed by atoms with Crippen LogP contribution >= 0.6 is 0 Å². The topological polar surface area (TPSA) is 29.5 Å². The first kappa shape index (κ1) is 14.5. The molecule has 2 heterocycles. The predicted molar refractivity (Wildman–Crippen MR) is 79.3 cm³/mol. The average molecular weight is 291 g/mol. The Labute approximate surface area is 125 Å². The lowest BCUT2D eigenvalue weighted by molar-refractivity contribution is 0.0292. The highest BCUT2D eigenvalue weighted by Gasteiger charge is 2.41. The van der Waals surface area contributed by atoms with Gasteiger partial charge in [-0.15, -0.1) is 0 Å². The van der Waals surface area contributed by atoms with Gasteiger partial charge in [0.2, 0.25) is 0 Å². The van der Waals surface area contributed by atoms with E-state index in [2.05, 4.69) is 18.7 Å². The molecule has 1 aromatic rings. The molecule has 0 amide bonds. The fourth-order valence-corrected chi connectivity index (χ4v) is 3.45. The first-order chi connectivity index (χ1) is 9.99. The summed E-state index contributed by atoms with van der Waals surface area (Å²) in [6.45, 7) is 6.34. The zero-order valence-corrected chi connectivity index (χ0v) is 12.7. The van der Waals surface area contributed by atoms with Gasteiger partial charge in [-0.05, 0) is 45.4 Å². The van der Waals surface area contributed by atoms with Crippen LogP contribution in [0.15, 0.2) is 18.2 Å². The highest BCUT2D eigenvalue weighted by molar-refractivity contribution is 6.00. The number of rotatable bonds is 1. The Morgan fingerprint density at radius 2 is 2.10 bits per heavy atom. The maximum Gasteiger partial charge on any atom is 0.170 e. The number of nitrogens with zero attached hydrogens (tertiary/aromatic N) is 1. The first-order valence-electron chi connectivity index (χ1n) is 7.75. The van der Waals surface area contributed by atoms with Crippen molar-refractivity contribution in [2.75, 3.05) is 13.1 Å². The summed E-state index contributed by atoms with van der Waals surface area (Å²) in [4.78, 5) is 14.8. The van der Waals surface area contributed by atoms with Gasteiger partial charge in [0.1, 0.15) is 17.2 Å². The van der Waals surface area contributed by atoms with E-state index >= 15 is 0 Å². The highest BCUT2D eigenvalue weighted by Crippen LogP contribution is 2.39. The minimum Gasteiger partial charge on any atom is -0.486 e. The van der Waals surface area contributed by atoms with Gasteiger partial charge in [-0.1, -0.05) is 0 Å². The van der Waals surface area contributed by atoms with Crippen molar-refractivity contribution in [3.8, 4) is 5.75 Å². The minimum absolute atomic E-state index is 0.0780. The SMILES string of the molecule is CC(C)N1CCCC2(CC1)CC(=O)c1ccc(F)cc1O2. The van der Waals surface area contributed by atoms with Gasteiger partial charge in [-0.3, -0.25) is 4.79 Å². The van der Waals surface area contributed by atoms with Crippen LogP contribution in [0, 0.1) is 5.82 Å². The van der Waals surface area contributed by atoms with Crippen LogP contribution in [0.1, 0.15) is 49.9 Å². The number of likely N-dealkylation sites (tertiary alicyclic amines) is 1. The van der Waals surface area contributed by atoms with E-state index in [1.54, 1.807) is 0 Å². The lowest BCUT2D eigenvalue weighted by Gasteiger charge is -2.37. The minimum atomic E-state index is -0.443. The average Bonchev–Trinajstić information content (AvgIpc) is 2.61. The van der Waals surface area contributed by atoms with E-state index in [9.17, 15) is 9.18 Å². The zero-order chi connectivity index (χ0) is 15.0. The van der Waals surface area contributed by atoms with Crippen molar-refractivity contribution in [3.05, 3.63) is 29.6 Å². The highest BCUT2D eigenvalue weighted by atomic mass is 19.1. The van der Waals surface area contributed by atoms with Gasteiger partial charge in [0, 0.05) is 25.1 Å². The van der Waals surface area contributed by atoms with Gasteiger partial charge in [0.15, 0.2) is 5.78 Å². The molecule has 1 aromatic carbocycles. The molecule has 21 heavy (non-hydrogen) atoms.